The van der Waals surface area contributed by atoms with Crippen LogP contribution in [-0.2, 0) is 0 Å². The highest BCUT2D eigenvalue weighted by Gasteiger charge is 2.27. The van der Waals surface area contributed by atoms with Crippen molar-refractivity contribution >= 4 is 17.0 Å². The molecule has 0 spiro atoms. The summed E-state index contributed by atoms with van der Waals surface area (Å²) in [5.74, 6) is -0.561. The number of likely N-dealkylation sites (tertiary alicyclic amines) is 1. The lowest BCUT2D eigenvalue weighted by Gasteiger charge is -2.33. The number of aliphatic hydroxyl groups excluding tert-OH is 2. The highest BCUT2D eigenvalue weighted by atomic mass is 32.1. The molecule has 2 fully saturated rings. The van der Waals surface area contributed by atoms with Gasteiger partial charge in [0.1, 0.15) is 18.1 Å². The smallest absolute Gasteiger partial charge is 0.142 e. The number of nitrogens with zero attached hydrogens (tertiary/aromatic N) is 3. The minimum absolute atomic E-state index is 0.00486. The zero-order valence-electron chi connectivity index (χ0n) is 19.4. The Bertz CT molecular complexity index is 1240. The molecule has 3 atom stereocenters. The van der Waals surface area contributed by atoms with Crippen molar-refractivity contribution in [2.45, 2.75) is 37.6 Å². The average molecular weight is 493 g/mol. The van der Waals surface area contributed by atoms with Gasteiger partial charge in [-0.1, -0.05) is 18.2 Å². The van der Waals surface area contributed by atoms with Gasteiger partial charge >= 0.3 is 0 Å². The second-order valence-electron chi connectivity index (χ2n) is 9.40. The van der Waals surface area contributed by atoms with E-state index in [-0.39, 0.29) is 17.7 Å². The van der Waals surface area contributed by atoms with E-state index in [9.17, 15) is 14.6 Å². The molecular weight excluding hydrogens is 463 g/mol. The molecule has 2 aliphatic rings. The van der Waals surface area contributed by atoms with Gasteiger partial charge in [0, 0.05) is 53.2 Å². The quantitative estimate of drug-likeness (QED) is 0.497. The summed E-state index contributed by atoms with van der Waals surface area (Å²) in [6.07, 6.45) is 1.58. The Morgan fingerprint density at radius 1 is 1.06 bits per heavy atom. The number of halogens is 1. The first kappa shape index (κ1) is 23.9. The molecule has 0 amide bonds. The minimum Gasteiger partial charge on any atom is -0.391 e. The average Bonchev–Trinajstić information content (AvgIpc) is 3.50. The van der Waals surface area contributed by atoms with Crippen molar-refractivity contribution < 1.29 is 14.6 Å². The molecule has 0 aliphatic carbocycles. The largest absolute Gasteiger partial charge is 0.391 e. The number of benzene rings is 2. The molecule has 3 unspecified atom stereocenters. The first-order valence-corrected chi connectivity index (χ1v) is 12.8. The van der Waals surface area contributed by atoms with Crippen LogP contribution in [0.2, 0.25) is 0 Å². The van der Waals surface area contributed by atoms with Gasteiger partial charge in [0.25, 0.3) is 0 Å². The highest BCUT2D eigenvalue weighted by Crippen LogP contribution is 2.43. The van der Waals surface area contributed by atoms with Crippen LogP contribution < -0.4 is 10.6 Å². The number of thiophene rings is 1. The number of hydrogen-bond acceptors (Lipinski definition) is 7. The number of anilines is 1. The summed E-state index contributed by atoms with van der Waals surface area (Å²) in [5.41, 5.74) is 9.64. The fraction of sp³-hybridized carbons (Fsp3) is 0.370. The summed E-state index contributed by atoms with van der Waals surface area (Å²) in [4.78, 5) is 5.86. The molecule has 5 rings (SSSR count). The van der Waals surface area contributed by atoms with Gasteiger partial charge in [0.2, 0.25) is 0 Å². The van der Waals surface area contributed by atoms with E-state index in [1.165, 1.54) is 23.5 Å². The standard InChI is InChI=1S/C27H29FN4O2S/c28-24-12-18(3-4-19(24)14-29)23-13-25(27(34)32-10-1-2-20(30)15-32)35-26(23)17-5-7-21(8-6-17)31-11-9-22(33)16-31/h3-8,12-13,20,22,27,33-34H,1-2,9-11,15-16,30H2. The number of nitrogens with two attached hydrogens (primary N) is 1. The van der Waals surface area contributed by atoms with Gasteiger partial charge in [-0.05, 0) is 60.7 Å². The fourth-order valence-electron chi connectivity index (χ4n) is 4.98. The lowest BCUT2D eigenvalue weighted by molar-refractivity contribution is -0.0118. The molecule has 6 nitrogen and oxygen atoms in total. The highest BCUT2D eigenvalue weighted by molar-refractivity contribution is 7.16. The van der Waals surface area contributed by atoms with Gasteiger partial charge in [0.05, 0.1) is 11.7 Å². The Morgan fingerprint density at radius 3 is 2.49 bits per heavy atom. The number of nitriles is 1. The van der Waals surface area contributed by atoms with Crippen LogP contribution in [0.25, 0.3) is 21.6 Å². The number of β-amino-alcohol motifs (C(OH)–C–C–N with tert-alkyl or cyclic N) is 1. The molecule has 1 aromatic heterocycles. The van der Waals surface area contributed by atoms with Crippen molar-refractivity contribution in [1.29, 1.82) is 5.26 Å². The second-order valence-corrected chi connectivity index (χ2v) is 10.5. The van der Waals surface area contributed by atoms with Crippen LogP contribution in [0.1, 0.15) is 35.9 Å². The molecule has 182 valence electrons. The minimum atomic E-state index is -0.785. The number of rotatable bonds is 5. The third kappa shape index (κ3) is 4.96. The summed E-state index contributed by atoms with van der Waals surface area (Å²) < 4.78 is 14.5. The van der Waals surface area contributed by atoms with E-state index in [4.69, 9.17) is 11.0 Å². The zero-order chi connectivity index (χ0) is 24.5. The first-order chi connectivity index (χ1) is 16.9. The number of aliphatic hydroxyl groups is 2. The van der Waals surface area contributed by atoms with E-state index in [0.29, 0.717) is 18.7 Å². The van der Waals surface area contributed by atoms with Crippen LogP contribution in [0.5, 0.6) is 0 Å². The molecule has 0 bridgehead atoms. The third-order valence-electron chi connectivity index (χ3n) is 6.90. The van der Waals surface area contributed by atoms with Gasteiger partial charge in [0.15, 0.2) is 0 Å². The summed E-state index contributed by atoms with van der Waals surface area (Å²) in [7, 11) is 0. The van der Waals surface area contributed by atoms with Crippen molar-refractivity contribution in [3.8, 4) is 27.6 Å². The van der Waals surface area contributed by atoms with E-state index in [1.807, 2.05) is 41.3 Å². The predicted octanol–water partition coefficient (Wildman–Crippen LogP) is 4.08. The van der Waals surface area contributed by atoms with Gasteiger partial charge in [-0.2, -0.15) is 5.26 Å². The van der Waals surface area contributed by atoms with E-state index >= 15 is 0 Å². The summed E-state index contributed by atoms with van der Waals surface area (Å²) in [6, 6.07) is 16.6. The first-order valence-electron chi connectivity index (χ1n) is 12.0. The lowest BCUT2D eigenvalue weighted by atomic mass is 10.00. The van der Waals surface area contributed by atoms with Crippen LogP contribution in [0, 0.1) is 17.1 Å². The second kappa shape index (κ2) is 10.1. The van der Waals surface area contributed by atoms with E-state index < -0.39 is 12.0 Å². The molecule has 2 aromatic carbocycles. The van der Waals surface area contributed by atoms with Gasteiger partial charge in [-0.25, -0.2) is 4.39 Å². The van der Waals surface area contributed by atoms with Crippen LogP contribution in [-0.4, -0.2) is 53.4 Å². The van der Waals surface area contributed by atoms with E-state index in [1.54, 1.807) is 6.07 Å². The maximum absolute atomic E-state index is 14.5. The SMILES string of the molecule is N#Cc1ccc(-c2cc(C(O)N3CCCC(N)C3)sc2-c2ccc(N3CCC(O)C3)cc2)cc1F. The van der Waals surface area contributed by atoms with Crippen molar-refractivity contribution in [2.24, 2.45) is 5.73 Å². The van der Waals surface area contributed by atoms with E-state index in [0.717, 1.165) is 58.9 Å². The maximum atomic E-state index is 14.5. The molecule has 2 saturated heterocycles. The summed E-state index contributed by atoms with van der Waals surface area (Å²) in [6.45, 7) is 2.86. The van der Waals surface area contributed by atoms with Crippen molar-refractivity contribution in [2.75, 3.05) is 31.1 Å². The molecule has 4 N–H and O–H groups in total. The summed E-state index contributed by atoms with van der Waals surface area (Å²) >= 11 is 1.49. The van der Waals surface area contributed by atoms with Crippen molar-refractivity contribution in [3.05, 3.63) is 64.8 Å². The van der Waals surface area contributed by atoms with Crippen LogP contribution in [0.15, 0.2) is 48.5 Å². The lowest BCUT2D eigenvalue weighted by Crippen LogP contribution is -2.44. The number of hydrogen-bond donors (Lipinski definition) is 3. The Hall–Kier alpha value is -2.80. The van der Waals surface area contributed by atoms with E-state index in [2.05, 4.69) is 4.90 Å². The van der Waals surface area contributed by atoms with Gasteiger partial charge in [-0.15, -0.1) is 11.3 Å². The molecule has 3 aromatic rings. The topological polar surface area (TPSA) is 96.8 Å². The van der Waals surface area contributed by atoms with Crippen molar-refractivity contribution in [3.63, 3.8) is 0 Å². The Kier molecular flexibility index (Phi) is 6.87. The molecular formula is C27H29FN4O2S. The number of piperidine rings is 1. The third-order valence-corrected chi connectivity index (χ3v) is 8.12. The molecule has 3 heterocycles. The summed E-state index contributed by atoms with van der Waals surface area (Å²) in [5, 5.41) is 30.2. The van der Waals surface area contributed by atoms with Gasteiger partial charge < -0.3 is 20.8 Å². The van der Waals surface area contributed by atoms with Crippen LogP contribution in [0.3, 0.4) is 0 Å². The van der Waals surface area contributed by atoms with Crippen molar-refractivity contribution in [1.82, 2.24) is 4.90 Å². The molecule has 0 radical (unpaired) electrons. The molecule has 0 saturated carbocycles. The Balaban J connectivity index is 1.52. The molecule has 35 heavy (non-hydrogen) atoms. The monoisotopic (exact) mass is 492 g/mol. The normalized spacial score (nSPS) is 21.7. The van der Waals surface area contributed by atoms with Crippen LogP contribution in [0.4, 0.5) is 10.1 Å². The fourth-order valence-corrected chi connectivity index (χ4v) is 6.19. The van der Waals surface area contributed by atoms with Crippen LogP contribution >= 0.6 is 11.3 Å². The molecule has 8 heteroatoms. The molecule has 2 aliphatic heterocycles. The Labute approximate surface area is 208 Å². The maximum Gasteiger partial charge on any atom is 0.142 e. The van der Waals surface area contributed by atoms with Gasteiger partial charge in [-0.3, -0.25) is 4.90 Å². The zero-order valence-corrected chi connectivity index (χ0v) is 20.2. The predicted molar refractivity (Wildman–Crippen MR) is 136 cm³/mol. The Morgan fingerprint density at radius 2 is 1.83 bits per heavy atom.